The summed E-state index contributed by atoms with van der Waals surface area (Å²) in [6, 6.07) is 8.71. The third kappa shape index (κ3) is 2.28. The molecule has 1 aliphatic heterocycles. The van der Waals surface area contributed by atoms with E-state index in [-0.39, 0.29) is 10.3 Å². The lowest BCUT2D eigenvalue weighted by Gasteiger charge is -2.40. The fraction of sp³-hybridized carbons (Fsp3) is 0.316. The van der Waals surface area contributed by atoms with Crippen LogP contribution in [0.2, 0.25) is 0 Å². The molecule has 4 rings (SSSR count). The zero-order valence-corrected chi connectivity index (χ0v) is 15.6. The van der Waals surface area contributed by atoms with Crippen LogP contribution in [-0.4, -0.2) is 22.6 Å². The maximum Gasteiger partial charge on any atom is 0.204 e. The van der Waals surface area contributed by atoms with E-state index in [1.54, 1.807) is 24.3 Å². The minimum absolute atomic E-state index is 0.195. The van der Waals surface area contributed by atoms with E-state index in [9.17, 15) is 9.90 Å². The molecule has 2 aromatic carbocycles. The Hall–Kier alpha value is -2.05. The Kier molecular flexibility index (Phi) is 3.60. The van der Waals surface area contributed by atoms with Gasteiger partial charge in [-0.15, -0.1) is 0 Å². The van der Waals surface area contributed by atoms with E-state index in [2.05, 4.69) is 15.9 Å². The number of aliphatic hydroxyl groups is 1. The Balaban J connectivity index is 2.16. The van der Waals surface area contributed by atoms with Crippen molar-refractivity contribution in [3.63, 3.8) is 0 Å². The highest BCUT2D eigenvalue weighted by molar-refractivity contribution is 9.09. The van der Waals surface area contributed by atoms with Crippen LogP contribution < -0.4 is 14.9 Å². The van der Waals surface area contributed by atoms with E-state index in [1.807, 2.05) is 19.9 Å². The van der Waals surface area contributed by atoms with Crippen LogP contribution >= 0.6 is 15.9 Å². The van der Waals surface area contributed by atoms with Gasteiger partial charge in [-0.25, -0.2) is 0 Å². The van der Waals surface area contributed by atoms with Gasteiger partial charge >= 0.3 is 0 Å². The molecule has 5 nitrogen and oxygen atoms in total. The Bertz CT molecular complexity index is 1050. The first-order valence-corrected chi connectivity index (χ1v) is 8.84. The molecule has 2 heterocycles. The van der Waals surface area contributed by atoms with E-state index in [0.717, 1.165) is 0 Å². The van der Waals surface area contributed by atoms with Crippen molar-refractivity contribution in [2.75, 3.05) is 7.11 Å². The van der Waals surface area contributed by atoms with Gasteiger partial charge in [0, 0.05) is 6.07 Å². The summed E-state index contributed by atoms with van der Waals surface area (Å²) >= 11 is 3.50. The number of ether oxygens (including phenoxy) is 2. The zero-order valence-electron chi connectivity index (χ0n) is 14.0. The number of benzene rings is 2. The van der Waals surface area contributed by atoms with Gasteiger partial charge in [-0.05, 0) is 26.0 Å². The van der Waals surface area contributed by atoms with Gasteiger partial charge in [0.2, 0.25) is 5.43 Å². The summed E-state index contributed by atoms with van der Waals surface area (Å²) in [6.07, 6.45) is -0.885. The van der Waals surface area contributed by atoms with Gasteiger partial charge in [0.05, 0.1) is 22.9 Å². The zero-order chi connectivity index (χ0) is 17.9. The van der Waals surface area contributed by atoms with Crippen molar-refractivity contribution in [3.8, 4) is 11.5 Å². The molecule has 1 aromatic heterocycles. The van der Waals surface area contributed by atoms with Crippen LogP contribution in [0, 0.1) is 0 Å². The summed E-state index contributed by atoms with van der Waals surface area (Å²) in [5.74, 6) is 0.746. The highest BCUT2D eigenvalue weighted by Crippen LogP contribution is 2.49. The average molecular weight is 405 g/mol. The summed E-state index contributed by atoms with van der Waals surface area (Å²) < 4.78 is 17.5. The highest BCUT2D eigenvalue weighted by atomic mass is 79.9. The van der Waals surface area contributed by atoms with E-state index in [4.69, 9.17) is 13.9 Å². The Morgan fingerprint density at radius 2 is 1.96 bits per heavy atom. The van der Waals surface area contributed by atoms with Gasteiger partial charge < -0.3 is 19.0 Å². The van der Waals surface area contributed by atoms with Gasteiger partial charge in [-0.1, -0.05) is 28.1 Å². The van der Waals surface area contributed by atoms with Gasteiger partial charge in [0.25, 0.3) is 0 Å². The quantitative estimate of drug-likeness (QED) is 0.491. The minimum atomic E-state index is -0.885. The molecule has 0 amide bonds. The van der Waals surface area contributed by atoms with Crippen molar-refractivity contribution < 1.29 is 19.0 Å². The monoisotopic (exact) mass is 404 g/mol. The van der Waals surface area contributed by atoms with Crippen LogP contribution in [0.15, 0.2) is 39.5 Å². The van der Waals surface area contributed by atoms with Gasteiger partial charge in [0.1, 0.15) is 39.8 Å². The molecule has 0 spiro atoms. The SMILES string of the molecule is COc1c2c(cc3oc4ccccc4c(=O)c13)OC(C)(C)[C@@H](Br)[C@@H]2O. The fourth-order valence-corrected chi connectivity index (χ4v) is 3.72. The lowest BCUT2D eigenvalue weighted by molar-refractivity contribution is 0.0212. The molecule has 0 saturated heterocycles. The summed E-state index contributed by atoms with van der Waals surface area (Å²) in [6.45, 7) is 3.76. The Morgan fingerprint density at radius 3 is 2.68 bits per heavy atom. The number of hydrogen-bond donors (Lipinski definition) is 1. The first-order valence-electron chi connectivity index (χ1n) is 7.92. The van der Waals surface area contributed by atoms with E-state index in [0.29, 0.717) is 39.0 Å². The van der Waals surface area contributed by atoms with Crippen molar-refractivity contribution >= 4 is 37.9 Å². The molecule has 1 N–H and O–H groups in total. The Labute approximate surface area is 152 Å². The predicted octanol–water partition coefficient (Wildman–Crippen LogP) is 3.92. The number of methoxy groups -OCH3 is 1. The molecule has 0 aliphatic carbocycles. The highest BCUT2D eigenvalue weighted by Gasteiger charge is 2.44. The van der Waals surface area contributed by atoms with Crippen molar-refractivity contribution in [2.24, 2.45) is 0 Å². The molecule has 6 heteroatoms. The molecule has 25 heavy (non-hydrogen) atoms. The van der Waals surface area contributed by atoms with E-state index < -0.39 is 11.7 Å². The van der Waals surface area contributed by atoms with Crippen LogP contribution in [0.3, 0.4) is 0 Å². The number of hydrogen-bond acceptors (Lipinski definition) is 5. The molecule has 130 valence electrons. The first-order chi connectivity index (χ1) is 11.8. The maximum atomic E-state index is 13.0. The van der Waals surface area contributed by atoms with Gasteiger partial charge in [-0.3, -0.25) is 4.79 Å². The molecular formula is C19H17BrO5. The number of para-hydroxylation sites is 1. The summed E-state index contributed by atoms with van der Waals surface area (Å²) in [5.41, 5.74) is 0.493. The molecule has 0 saturated carbocycles. The number of rotatable bonds is 1. The van der Waals surface area contributed by atoms with Crippen molar-refractivity contribution in [1.82, 2.24) is 0 Å². The van der Waals surface area contributed by atoms with E-state index >= 15 is 0 Å². The number of fused-ring (bicyclic) bond motifs is 3. The number of aliphatic hydroxyl groups excluding tert-OH is 1. The minimum Gasteiger partial charge on any atom is -0.495 e. The lowest BCUT2D eigenvalue weighted by atomic mass is 9.90. The molecule has 0 fully saturated rings. The van der Waals surface area contributed by atoms with Crippen molar-refractivity contribution in [3.05, 3.63) is 46.1 Å². The third-order valence-corrected chi connectivity index (χ3v) is 6.24. The van der Waals surface area contributed by atoms with Crippen molar-refractivity contribution in [1.29, 1.82) is 0 Å². The van der Waals surface area contributed by atoms with Crippen LogP contribution in [-0.2, 0) is 0 Å². The smallest absolute Gasteiger partial charge is 0.204 e. The van der Waals surface area contributed by atoms with Crippen LogP contribution in [0.1, 0.15) is 25.5 Å². The lowest BCUT2D eigenvalue weighted by Crippen LogP contribution is -2.45. The molecule has 0 bridgehead atoms. The van der Waals surface area contributed by atoms with Crippen molar-refractivity contribution in [2.45, 2.75) is 30.4 Å². The second-order valence-corrected chi connectivity index (χ2v) is 7.66. The molecular weight excluding hydrogens is 388 g/mol. The molecule has 0 unspecified atom stereocenters. The molecule has 3 aromatic rings. The summed E-state index contributed by atoms with van der Waals surface area (Å²) in [4.78, 5) is 12.6. The number of alkyl halides is 1. The van der Waals surface area contributed by atoms with Gasteiger partial charge in [-0.2, -0.15) is 0 Å². The topological polar surface area (TPSA) is 68.9 Å². The van der Waals surface area contributed by atoms with Crippen LogP contribution in [0.5, 0.6) is 11.5 Å². The molecule has 0 radical (unpaired) electrons. The molecule has 1 aliphatic rings. The van der Waals surface area contributed by atoms with Crippen LogP contribution in [0.25, 0.3) is 21.9 Å². The van der Waals surface area contributed by atoms with Gasteiger partial charge in [0.15, 0.2) is 0 Å². The third-order valence-electron chi connectivity index (χ3n) is 4.64. The van der Waals surface area contributed by atoms with E-state index in [1.165, 1.54) is 7.11 Å². The summed E-state index contributed by atoms with van der Waals surface area (Å²) in [5, 5.41) is 11.6. The standard InChI is InChI=1S/C19H17BrO5/c1-19(2)18(20)16(22)14-12(25-19)8-11-13(17(14)23-3)15(21)9-6-4-5-7-10(9)24-11/h4-8,16,18,22H,1-3H3/t16-,18+/m1/s1. The fourth-order valence-electron chi connectivity index (χ4n) is 3.36. The predicted molar refractivity (Wildman–Crippen MR) is 98.9 cm³/mol. The normalized spacial score (nSPS) is 21.8. The second-order valence-electron chi connectivity index (χ2n) is 6.67. The largest absolute Gasteiger partial charge is 0.495 e. The van der Waals surface area contributed by atoms with Crippen LogP contribution in [0.4, 0.5) is 0 Å². The maximum absolute atomic E-state index is 13.0. The second kappa shape index (κ2) is 5.47. The summed E-state index contributed by atoms with van der Waals surface area (Å²) in [7, 11) is 1.47. The Morgan fingerprint density at radius 1 is 1.24 bits per heavy atom. The molecule has 2 atom stereocenters. The average Bonchev–Trinajstić information content (AvgIpc) is 2.58. The number of halogens is 1. The first kappa shape index (κ1) is 16.4.